The number of hydrogen-bond acceptors (Lipinski definition) is 3. The molecular weight excluding hydrogens is 374 g/mol. The summed E-state index contributed by atoms with van der Waals surface area (Å²) in [6.45, 7) is 0.827. The zero-order valence-corrected chi connectivity index (χ0v) is 16.8. The molecule has 0 amide bonds. The van der Waals surface area contributed by atoms with Gasteiger partial charge in [0.25, 0.3) is 0 Å². The standard InChI is InChI=1S/C23H27NO3.ClH/c25-22(26)14-24-23(17-4-2-1-3-5-17)20-9-8-19-13-21(11-10-18(19)12-20)27-15-16-6-7-16;/h1-5,10-11,13,16,20,23-24H,6-9,12,14-15H2,(H,25,26);1H. The van der Waals surface area contributed by atoms with Crippen LogP contribution < -0.4 is 10.1 Å². The SMILES string of the molecule is Cl.O=C(O)CNC(c1ccccc1)C1CCc2cc(OCC3CC3)ccc2C1. The Balaban J connectivity index is 0.00000225. The van der Waals surface area contributed by atoms with Gasteiger partial charge in [-0.05, 0) is 72.8 Å². The van der Waals surface area contributed by atoms with Crippen molar-refractivity contribution in [3.63, 3.8) is 0 Å². The minimum Gasteiger partial charge on any atom is -0.493 e. The molecule has 4 rings (SSSR count). The molecule has 2 aromatic carbocycles. The number of carboxylic acid groups (broad SMARTS) is 1. The number of aryl methyl sites for hydroxylation is 1. The third kappa shape index (κ3) is 5.27. The second kappa shape index (κ2) is 9.44. The monoisotopic (exact) mass is 401 g/mol. The van der Waals surface area contributed by atoms with Crippen LogP contribution in [0.4, 0.5) is 0 Å². The summed E-state index contributed by atoms with van der Waals surface area (Å²) in [5, 5.41) is 12.4. The van der Waals surface area contributed by atoms with Crippen LogP contribution in [0.5, 0.6) is 5.75 Å². The summed E-state index contributed by atoms with van der Waals surface area (Å²) in [6, 6.07) is 16.8. The summed E-state index contributed by atoms with van der Waals surface area (Å²) in [5.74, 6) is 1.32. The number of benzene rings is 2. The molecule has 5 heteroatoms. The van der Waals surface area contributed by atoms with Crippen molar-refractivity contribution >= 4 is 18.4 Å². The summed E-state index contributed by atoms with van der Waals surface area (Å²) in [5.41, 5.74) is 3.91. The van der Waals surface area contributed by atoms with E-state index in [1.807, 2.05) is 18.2 Å². The zero-order valence-electron chi connectivity index (χ0n) is 16.0. The first-order valence-electron chi connectivity index (χ1n) is 9.94. The fourth-order valence-corrected chi connectivity index (χ4v) is 4.05. The van der Waals surface area contributed by atoms with Gasteiger partial charge in [-0.1, -0.05) is 36.4 Å². The van der Waals surface area contributed by atoms with Gasteiger partial charge >= 0.3 is 5.97 Å². The number of aliphatic carboxylic acids is 1. The molecule has 0 radical (unpaired) electrons. The van der Waals surface area contributed by atoms with E-state index in [-0.39, 0.29) is 25.0 Å². The number of fused-ring (bicyclic) bond motifs is 1. The van der Waals surface area contributed by atoms with Gasteiger partial charge in [0.2, 0.25) is 0 Å². The van der Waals surface area contributed by atoms with E-state index in [2.05, 4.69) is 35.6 Å². The summed E-state index contributed by atoms with van der Waals surface area (Å²) in [6.07, 6.45) is 5.63. The molecule has 2 aliphatic carbocycles. The van der Waals surface area contributed by atoms with E-state index in [1.165, 1.54) is 24.0 Å². The number of hydrogen-bond donors (Lipinski definition) is 2. The van der Waals surface area contributed by atoms with Gasteiger partial charge in [-0.2, -0.15) is 0 Å². The third-order valence-electron chi connectivity index (χ3n) is 5.73. The quantitative estimate of drug-likeness (QED) is 0.687. The predicted octanol–water partition coefficient (Wildman–Crippen LogP) is 4.42. The molecule has 0 bridgehead atoms. The van der Waals surface area contributed by atoms with Crippen molar-refractivity contribution < 1.29 is 14.6 Å². The van der Waals surface area contributed by atoms with E-state index >= 15 is 0 Å². The van der Waals surface area contributed by atoms with Gasteiger partial charge in [0.1, 0.15) is 5.75 Å². The van der Waals surface area contributed by atoms with Crippen LogP contribution in [0, 0.1) is 11.8 Å². The van der Waals surface area contributed by atoms with Crippen molar-refractivity contribution in [2.24, 2.45) is 11.8 Å². The highest BCUT2D eigenvalue weighted by molar-refractivity contribution is 5.85. The first-order chi connectivity index (χ1) is 13.2. The summed E-state index contributed by atoms with van der Waals surface area (Å²) in [7, 11) is 0. The second-order valence-corrected chi connectivity index (χ2v) is 7.85. The van der Waals surface area contributed by atoms with Crippen molar-refractivity contribution in [3.8, 4) is 5.75 Å². The normalized spacial score (nSPS) is 19.2. The van der Waals surface area contributed by atoms with Gasteiger partial charge in [-0.25, -0.2) is 0 Å². The highest BCUT2D eigenvalue weighted by Gasteiger charge is 2.28. The zero-order chi connectivity index (χ0) is 18.6. The second-order valence-electron chi connectivity index (χ2n) is 7.85. The molecule has 2 aliphatic rings. The van der Waals surface area contributed by atoms with Crippen LogP contribution in [-0.2, 0) is 17.6 Å². The maximum Gasteiger partial charge on any atom is 0.317 e. The molecule has 2 N–H and O–H groups in total. The summed E-state index contributed by atoms with van der Waals surface area (Å²) in [4.78, 5) is 11.1. The minimum absolute atomic E-state index is 0. The lowest BCUT2D eigenvalue weighted by atomic mass is 9.78. The van der Waals surface area contributed by atoms with Gasteiger partial charge in [0.05, 0.1) is 13.2 Å². The smallest absolute Gasteiger partial charge is 0.317 e. The Labute approximate surface area is 172 Å². The molecule has 2 aromatic rings. The number of nitrogens with one attached hydrogen (secondary N) is 1. The molecule has 0 spiro atoms. The number of carbonyl (C=O) groups is 1. The van der Waals surface area contributed by atoms with Crippen molar-refractivity contribution in [2.45, 2.75) is 38.1 Å². The maximum atomic E-state index is 11.1. The van der Waals surface area contributed by atoms with Gasteiger partial charge in [-0.15, -0.1) is 12.4 Å². The Morgan fingerprint density at radius 2 is 1.89 bits per heavy atom. The van der Waals surface area contributed by atoms with E-state index in [0.29, 0.717) is 5.92 Å². The van der Waals surface area contributed by atoms with E-state index in [0.717, 1.165) is 43.1 Å². The van der Waals surface area contributed by atoms with Crippen LogP contribution in [0.2, 0.25) is 0 Å². The fraction of sp³-hybridized carbons (Fsp3) is 0.435. The lowest BCUT2D eigenvalue weighted by molar-refractivity contribution is -0.136. The van der Waals surface area contributed by atoms with Crippen LogP contribution in [0.1, 0.15) is 42.0 Å². The van der Waals surface area contributed by atoms with Gasteiger partial charge in [0, 0.05) is 6.04 Å². The molecule has 1 saturated carbocycles. The largest absolute Gasteiger partial charge is 0.493 e. The average Bonchev–Trinajstić information content (AvgIpc) is 3.51. The van der Waals surface area contributed by atoms with Crippen molar-refractivity contribution in [3.05, 3.63) is 65.2 Å². The molecule has 2 atom stereocenters. The maximum absolute atomic E-state index is 11.1. The molecule has 28 heavy (non-hydrogen) atoms. The van der Waals surface area contributed by atoms with Crippen LogP contribution in [0.25, 0.3) is 0 Å². The van der Waals surface area contributed by atoms with Gasteiger partial charge in [0.15, 0.2) is 0 Å². The molecule has 0 aromatic heterocycles. The predicted molar refractivity (Wildman–Crippen MR) is 112 cm³/mol. The van der Waals surface area contributed by atoms with E-state index in [4.69, 9.17) is 9.84 Å². The highest BCUT2D eigenvalue weighted by Crippen LogP contribution is 2.36. The third-order valence-corrected chi connectivity index (χ3v) is 5.73. The molecule has 0 saturated heterocycles. The number of ether oxygens (including phenoxy) is 1. The van der Waals surface area contributed by atoms with Crippen LogP contribution in [0.3, 0.4) is 0 Å². The highest BCUT2D eigenvalue weighted by atomic mass is 35.5. The first kappa shape index (κ1) is 20.7. The number of carboxylic acids is 1. The molecule has 150 valence electrons. The Kier molecular flexibility index (Phi) is 6.97. The van der Waals surface area contributed by atoms with Gasteiger partial charge in [-0.3, -0.25) is 10.1 Å². The molecule has 2 unspecified atom stereocenters. The van der Waals surface area contributed by atoms with Crippen LogP contribution in [0.15, 0.2) is 48.5 Å². The van der Waals surface area contributed by atoms with Gasteiger partial charge < -0.3 is 9.84 Å². The molecule has 0 aliphatic heterocycles. The average molecular weight is 402 g/mol. The van der Waals surface area contributed by atoms with E-state index in [9.17, 15) is 4.79 Å². The minimum atomic E-state index is -0.815. The topological polar surface area (TPSA) is 58.6 Å². The molecule has 4 nitrogen and oxygen atoms in total. The fourth-order valence-electron chi connectivity index (χ4n) is 4.05. The van der Waals surface area contributed by atoms with Crippen molar-refractivity contribution in [1.82, 2.24) is 5.32 Å². The lowest BCUT2D eigenvalue weighted by Crippen LogP contribution is -2.35. The Bertz CT molecular complexity index is 792. The van der Waals surface area contributed by atoms with Crippen molar-refractivity contribution in [2.75, 3.05) is 13.2 Å². The van der Waals surface area contributed by atoms with E-state index in [1.54, 1.807) is 0 Å². The Hall–Kier alpha value is -2.04. The van der Waals surface area contributed by atoms with E-state index < -0.39 is 5.97 Å². The van der Waals surface area contributed by atoms with Crippen LogP contribution >= 0.6 is 12.4 Å². The number of rotatable bonds is 8. The molecular formula is C23H28ClNO3. The Morgan fingerprint density at radius 3 is 2.61 bits per heavy atom. The van der Waals surface area contributed by atoms with Crippen molar-refractivity contribution in [1.29, 1.82) is 0 Å². The molecule has 0 heterocycles. The van der Waals surface area contributed by atoms with Crippen LogP contribution in [-0.4, -0.2) is 24.2 Å². The Morgan fingerprint density at radius 1 is 1.11 bits per heavy atom. The lowest BCUT2D eigenvalue weighted by Gasteiger charge is -2.32. The summed E-state index contributed by atoms with van der Waals surface area (Å²) < 4.78 is 5.93. The first-order valence-corrected chi connectivity index (χ1v) is 9.94. The summed E-state index contributed by atoms with van der Waals surface area (Å²) >= 11 is 0. The molecule has 1 fully saturated rings. The number of halogens is 1.